The SMILES string of the molecule is C[C@H](C(=O)OCCCO[N+](=O)[O-])c1ccccc1C(=O)c1ccccc1. The van der Waals surface area contributed by atoms with Gasteiger partial charge < -0.3 is 9.57 Å². The second kappa shape index (κ2) is 9.31. The van der Waals surface area contributed by atoms with E-state index in [-0.39, 0.29) is 25.4 Å². The Kier molecular flexibility index (Phi) is 6.84. The highest BCUT2D eigenvalue weighted by molar-refractivity contribution is 6.10. The fourth-order valence-electron chi connectivity index (χ4n) is 2.45. The number of hydrogen-bond acceptors (Lipinski definition) is 6. The number of carbonyl (C=O) groups is 2. The first-order valence-electron chi connectivity index (χ1n) is 8.13. The fraction of sp³-hybridized carbons (Fsp3) is 0.263. The van der Waals surface area contributed by atoms with Gasteiger partial charge in [-0.05, 0) is 12.5 Å². The Bertz CT molecular complexity index is 775. The van der Waals surface area contributed by atoms with Crippen LogP contribution in [0.25, 0.3) is 0 Å². The normalized spacial score (nSPS) is 11.4. The fourth-order valence-corrected chi connectivity index (χ4v) is 2.45. The van der Waals surface area contributed by atoms with Gasteiger partial charge in [0.25, 0.3) is 5.09 Å². The second-order valence-corrected chi connectivity index (χ2v) is 5.58. The standard InChI is InChI=1S/C19H19NO6/c1-14(19(22)25-12-7-13-26-20(23)24)16-10-5-6-11-17(16)18(21)15-8-3-2-4-9-15/h2-6,8-11,14H,7,12-13H2,1H3/t14-/m0/s1. The zero-order valence-electron chi connectivity index (χ0n) is 14.3. The van der Waals surface area contributed by atoms with Crippen molar-refractivity contribution in [3.63, 3.8) is 0 Å². The summed E-state index contributed by atoms with van der Waals surface area (Å²) in [5.41, 5.74) is 1.56. The van der Waals surface area contributed by atoms with Gasteiger partial charge in [0.05, 0.1) is 19.1 Å². The maximum Gasteiger partial charge on any atom is 0.313 e. The molecule has 0 fully saturated rings. The second-order valence-electron chi connectivity index (χ2n) is 5.58. The third kappa shape index (κ3) is 5.14. The topological polar surface area (TPSA) is 95.7 Å². The molecular weight excluding hydrogens is 338 g/mol. The third-order valence-corrected chi connectivity index (χ3v) is 3.79. The molecule has 0 aliphatic heterocycles. The Morgan fingerprint density at radius 3 is 2.38 bits per heavy atom. The van der Waals surface area contributed by atoms with E-state index in [0.717, 1.165) is 0 Å². The molecule has 7 heteroatoms. The first-order valence-corrected chi connectivity index (χ1v) is 8.13. The summed E-state index contributed by atoms with van der Waals surface area (Å²) in [5, 5.41) is 9.16. The molecule has 2 rings (SSSR count). The lowest BCUT2D eigenvalue weighted by Crippen LogP contribution is -2.18. The molecule has 0 saturated heterocycles. The van der Waals surface area contributed by atoms with Crippen molar-refractivity contribution in [3.8, 4) is 0 Å². The summed E-state index contributed by atoms with van der Waals surface area (Å²) >= 11 is 0. The van der Waals surface area contributed by atoms with Gasteiger partial charge in [0.2, 0.25) is 0 Å². The number of esters is 1. The van der Waals surface area contributed by atoms with Crippen LogP contribution >= 0.6 is 0 Å². The van der Waals surface area contributed by atoms with Crippen LogP contribution in [0.15, 0.2) is 54.6 Å². The highest BCUT2D eigenvalue weighted by Gasteiger charge is 2.23. The summed E-state index contributed by atoms with van der Waals surface area (Å²) in [6.07, 6.45) is 0.212. The van der Waals surface area contributed by atoms with Crippen LogP contribution in [0.5, 0.6) is 0 Å². The van der Waals surface area contributed by atoms with Crippen LogP contribution in [0.4, 0.5) is 0 Å². The summed E-state index contributed by atoms with van der Waals surface area (Å²) in [4.78, 5) is 39.2. The summed E-state index contributed by atoms with van der Waals surface area (Å²) < 4.78 is 5.13. The lowest BCUT2D eigenvalue weighted by atomic mass is 9.91. The Morgan fingerprint density at radius 2 is 1.69 bits per heavy atom. The molecule has 0 saturated carbocycles. The van der Waals surface area contributed by atoms with Gasteiger partial charge in [0, 0.05) is 17.5 Å². The molecule has 0 aromatic heterocycles. The third-order valence-electron chi connectivity index (χ3n) is 3.79. The van der Waals surface area contributed by atoms with Gasteiger partial charge in [-0.1, -0.05) is 54.6 Å². The molecule has 0 radical (unpaired) electrons. The Hall–Kier alpha value is -3.22. The Morgan fingerprint density at radius 1 is 1.04 bits per heavy atom. The van der Waals surface area contributed by atoms with Crippen molar-refractivity contribution in [1.29, 1.82) is 0 Å². The quantitative estimate of drug-likeness (QED) is 0.225. The van der Waals surface area contributed by atoms with Gasteiger partial charge in [-0.25, -0.2) is 0 Å². The molecule has 0 N–H and O–H groups in total. The summed E-state index contributed by atoms with van der Waals surface area (Å²) in [7, 11) is 0. The lowest BCUT2D eigenvalue weighted by Gasteiger charge is -2.15. The largest absolute Gasteiger partial charge is 0.465 e. The number of ketones is 1. The van der Waals surface area contributed by atoms with E-state index in [1.165, 1.54) is 0 Å². The van der Waals surface area contributed by atoms with E-state index < -0.39 is 17.0 Å². The van der Waals surface area contributed by atoms with E-state index >= 15 is 0 Å². The van der Waals surface area contributed by atoms with Gasteiger partial charge in [-0.15, -0.1) is 10.1 Å². The molecule has 7 nitrogen and oxygen atoms in total. The van der Waals surface area contributed by atoms with Crippen LogP contribution in [0.1, 0.15) is 40.7 Å². The van der Waals surface area contributed by atoms with Crippen molar-refractivity contribution in [2.45, 2.75) is 19.3 Å². The first kappa shape index (κ1) is 19.1. The number of carbonyl (C=O) groups excluding carboxylic acids is 2. The van der Waals surface area contributed by atoms with Gasteiger partial charge in [-0.3, -0.25) is 9.59 Å². The van der Waals surface area contributed by atoms with Gasteiger partial charge >= 0.3 is 5.97 Å². The van der Waals surface area contributed by atoms with Gasteiger partial charge in [0.15, 0.2) is 5.78 Å². The van der Waals surface area contributed by atoms with E-state index in [1.54, 1.807) is 55.5 Å². The average Bonchev–Trinajstić information content (AvgIpc) is 2.66. The van der Waals surface area contributed by atoms with E-state index in [1.807, 2.05) is 6.07 Å². The van der Waals surface area contributed by atoms with Crippen molar-refractivity contribution in [2.75, 3.05) is 13.2 Å². The number of hydrogen-bond donors (Lipinski definition) is 0. The minimum absolute atomic E-state index is 0.00577. The van der Waals surface area contributed by atoms with Crippen LogP contribution in [-0.2, 0) is 14.4 Å². The smallest absolute Gasteiger partial charge is 0.313 e. The number of rotatable bonds is 9. The first-order chi connectivity index (χ1) is 12.5. The Labute approximate surface area is 150 Å². The van der Waals surface area contributed by atoms with Crippen LogP contribution in [0, 0.1) is 10.1 Å². The highest BCUT2D eigenvalue weighted by Crippen LogP contribution is 2.23. The highest BCUT2D eigenvalue weighted by atomic mass is 16.9. The zero-order valence-corrected chi connectivity index (χ0v) is 14.3. The molecular formula is C19H19NO6. The maximum atomic E-state index is 12.7. The van der Waals surface area contributed by atoms with Crippen LogP contribution in [-0.4, -0.2) is 30.1 Å². The molecule has 0 amide bonds. The van der Waals surface area contributed by atoms with Gasteiger partial charge in [-0.2, -0.15) is 0 Å². The van der Waals surface area contributed by atoms with Crippen molar-refractivity contribution >= 4 is 11.8 Å². The van der Waals surface area contributed by atoms with E-state index in [9.17, 15) is 19.7 Å². The van der Waals surface area contributed by atoms with Crippen molar-refractivity contribution in [1.82, 2.24) is 0 Å². The molecule has 2 aromatic carbocycles. The molecule has 0 bridgehead atoms. The van der Waals surface area contributed by atoms with E-state index in [2.05, 4.69) is 4.84 Å². The minimum Gasteiger partial charge on any atom is -0.465 e. The average molecular weight is 357 g/mol. The van der Waals surface area contributed by atoms with Crippen LogP contribution < -0.4 is 0 Å². The molecule has 1 atom stereocenters. The molecule has 0 unspecified atom stereocenters. The molecule has 26 heavy (non-hydrogen) atoms. The zero-order chi connectivity index (χ0) is 18.9. The summed E-state index contributed by atoms with van der Waals surface area (Å²) in [6.45, 7) is 1.52. The van der Waals surface area contributed by atoms with Crippen LogP contribution in [0.2, 0.25) is 0 Å². The minimum atomic E-state index is -0.893. The summed E-state index contributed by atoms with van der Waals surface area (Å²) in [5.74, 6) is -1.31. The van der Waals surface area contributed by atoms with Crippen molar-refractivity contribution in [3.05, 3.63) is 81.4 Å². The van der Waals surface area contributed by atoms with Crippen molar-refractivity contribution < 1.29 is 24.3 Å². The maximum absolute atomic E-state index is 12.7. The van der Waals surface area contributed by atoms with Gasteiger partial charge in [0.1, 0.15) is 0 Å². The van der Waals surface area contributed by atoms with E-state index in [0.29, 0.717) is 16.7 Å². The molecule has 0 aliphatic carbocycles. The monoisotopic (exact) mass is 357 g/mol. The molecule has 136 valence electrons. The van der Waals surface area contributed by atoms with Crippen LogP contribution in [0.3, 0.4) is 0 Å². The number of benzene rings is 2. The predicted octanol–water partition coefficient (Wildman–Crippen LogP) is 3.16. The van der Waals surface area contributed by atoms with Crippen molar-refractivity contribution in [2.24, 2.45) is 0 Å². The molecule has 2 aromatic rings. The predicted molar refractivity (Wildman–Crippen MR) is 93.3 cm³/mol. The molecule has 0 aliphatic rings. The number of nitrogens with zero attached hydrogens (tertiary/aromatic N) is 1. The summed E-state index contributed by atoms with van der Waals surface area (Å²) in [6, 6.07) is 15.7. The Balaban J connectivity index is 2.05. The molecule has 0 spiro atoms. The van der Waals surface area contributed by atoms with E-state index in [4.69, 9.17) is 4.74 Å². The number of ether oxygens (including phenoxy) is 1. The lowest BCUT2D eigenvalue weighted by molar-refractivity contribution is -0.757. The molecule has 0 heterocycles.